The van der Waals surface area contributed by atoms with Crippen LogP contribution < -0.4 is 5.73 Å². The Hall–Kier alpha value is -1.52. The molecule has 18 heavy (non-hydrogen) atoms. The van der Waals surface area contributed by atoms with Gasteiger partial charge in [0.25, 0.3) is 0 Å². The van der Waals surface area contributed by atoms with Gasteiger partial charge in [0, 0.05) is 5.92 Å². The minimum atomic E-state index is -4.32. The second-order valence-electron chi connectivity index (χ2n) is 4.75. The maximum atomic E-state index is 12.4. The molecule has 2 nitrogen and oxygen atoms in total. The Bertz CT molecular complexity index is 435. The van der Waals surface area contributed by atoms with Gasteiger partial charge in [-0.3, -0.25) is 4.79 Å². The number of amides is 1. The van der Waals surface area contributed by atoms with E-state index in [9.17, 15) is 18.0 Å². The fraction of sp³-hybridized carbons (Fsp3) is 0.462. The molecule has 1 aromatic carbocycles. The maximum absolute atomic E-state index is 12.4. The summed E-state index contributed by atoms with van der Waals surface area (Å²) in [4.78, 5) is 11.3. The molecule has 5 heteroatoms. The number of halogens is 3. The van der Waals surface area contributed by atoms with E-state index in [4.69, 9.17) is 5.73 Å². The Morgan fingerprint density at radius 1 is 1.28 bits per heavy atom. The lowest BCUT2D eigenvalue weighted by atomic mass is 9.94. The molecular weight excluding hydrogens is 243 g/mol. The zero-order valence-corrected chi connectivity index (χ0v) is 9.70. The van der Waals surface area contributed by atoms with E-state index < -0.39 is 11.7 Å². The van der Waals surface area contributed by atoms with E-state index in [-0.39, 0.29) is 11.8 Å². The summed E-state index contributed by atoms with van der Waals surface area (Å²) < 4.78 is 37.1. The molecule has 2 N–H and O–H groups in total. The van der Waals surface area contributed by atoms with Gasteiger partial charge in [-0.05, 0) is 42.9 Å². The Morgan fingerprint density at radius 3 is 2.22 bits per heavy atom. The SMILES string of the molecule is NC(=O)[C@@H](Cc1ccc(C(F)(F)F)cc1)C1CC1. The summed E-state index contributed by atoms with van der Waals surface area (Å²) in [5, 5.41) is 0. The van der Waals surface area contributed by atoms with Gasteiger partial charge in [0.05, 0.1) is 5.56 Å². The molecule has 1 aliphatic carbocycles. The average Bonchev–Trinajstić information content (AvgIpc) is 3.08. The summed E-state index contributed by atoms with van der Waals surface area (Å²) in [5.74, 6) is -0.302. The largest absolute Gasteiger partial charge is 0.416 e. The molecule has 1 amide bonds. The van der Waals surface area contributed by atoms with E-state index in [1.165, 1.54) is 12.1 Å². The van der Waals surface area contributed by atoms with Crippen molar-refractivity contribution in [3.63, 3.8) is 0 Å². The van der Waals surface area contributed by atoms with Crippen molar-refractivity contribution in [2.75, 3.05) is 0 Å². The van der Waals surface area contributed by atoms with Crippen LogP contribution in [0.2, 0.25) is 0 Å². The number of carbonyl (C=O) groups is 1. The lowest BCUT2D eigenvalue weighted by Crippen LogP contribution is -2.26. The summed E-state index contributed by atoms with van der Waals surface area (Å²) in [7, 11) is 0. The molecule has 98 valence electrons. The maximum Gasteiger partial charge on any atom is 0.416 e. The van der Waals surface area contributed by atoms with Gasteiger partial charge < -0.3 is 5.73 Å². The Balaban J connectivity index is 2.07. The molecule has 0 spiro atoms. The molecule has 1 atom stereocenters. The summed E-state index contributed by atoms with van der Waals surface area (Å²) in [6, 6.07) is 4.92. The van der Waals surface area contributed by atoms with E-state index in [0.717, 1.165) is 30.5 Å². The molecule has 2 rings (SSSR count). The molecule has 0 unspecified atom stereocenters. The topological polar surface area (TPSA) is 43.1 Å². The molecule has 1 fully saturated rings. The Labute approximate surface area is 103 Å². The van der Waals surface area contributed by atoms with Crippen molar-refractivity contribution < 1.29 is 18.0 Å². The number of benzene rings is 1. The molecule has 0 aromatic heterocycles. The molecule has 1 saturated carbocycles. The van der Waals surface area contributed by atoms with Crippen molar-refractivity contribution in [1.29, 1.82) is 0 Å². The fourth-order valence-electron chi connectivity index (χ4n) is 2.08. The quantitative estimate of drug-likeness (QED) is 0.885. The molecule has 1 aliphatic rings. The van der Waals surface area contributed by atoms with Crippen molar-refractivity contribution in [2.45, 2.75) is 25.4 Å². The number of primary amides is 1. The lowest BCUT2D eigenvalue weighted by Gasteiger charge is -2.13. The van der Waals surface area contributed by atoms with Gasteiger partial charge in [-0.15, -0.1) is 0 Å². The fourth-order valence-corrected chi connectivity index (χ4v) is 2.08. The summed E-state index contributed by atoms with van der Waals surface area (Å²) in [6.07, 6.45) is -1.93. The van der Waals surface area contributed by atoms with Crippen molar-refractivity contribution in [1.82, 2.24) is 0 Å². The van der Waals surface area contributed by atoms with Crippen LogP contribution in [0.3, 0.4) is 0 Å². The third-order valence-electron chi connectivity index (χ3n) is 3.29. The van der Waals surface area contributed by atoms with Crippen molar-refractivity contribution in [3.8, 4) is 0 Å². The number of hydrogen-bond donors (Lipinski definition) is 1. The van der Waals surface area contributed by atoms with E-state index in [2.05, 4.69) is 0 Å². The van der Waals surface area contributed by atoms with Crippen LogP contribution in [0.1, 0.15) is 24.0 Å². The molecule has 0 radical (unpaired) electrons. The number of alkyl halides is 3. The van der Waals surface area contributed by atoms with Crippen molar-refractivity contribution in [3.05, 3.63) is 35.4 Å². The van der Waals surface area contributed by atoms with Gasteiger partial charge in [0.1, 0.15) is 0 Å². The highest BCUT2D eigenvalue weighted by Gasteiger charge is 2.35. The number of rotatable bonds is 4. The molecule has 0 bridgehead atoms. The van der Waals surface area contributed by atoms with Gasteiger partial charge in [-0.25, -0.2) is 0 Å². The standard InChI is InChI=1S/C13H14F3NO/c14-13(15,16)10-5-1-8(2-6-10)7-11(12(17)18)9-3-4-9/h1-2,5-6,9,11H,3-4,7H2,(H2,17,18)/t11-/m0/s1. The van der Waals surface area contributed by atoms with Gasteiger partial charge in [0.15, 0.2) is 0 Å². The predicted octanol–water partition coefficient (Wildman–Crippen LogP) is 2.76. The van der Waals surface area contributed by atoms with Gasteiger partial charge in [-0.1, -0.05) is 12.1 Å². The highest BCUT2D eigenvalue weighted by molar-refractivity contribution is 5.77. The van der Waals surface area contributed by atoms with Crippen LogP contribution in [0.5, 0.6) is 0 Å². The van der Waals surface area contributed by atoms with Crippen molar-refractivity contribution >= 4 is 5.91 Å². The van der Waals surface area contributed by atoms with Crippen LogP contribution >= 0.6 is 0 Å². The first-order chi connectivity index (χ1) is 8.38. The highest BCUT2D eigenvalue weighted by atomic mass is 19.4. The van der Waals surface area contributed by atoms with Crippen LogP contribution in [0.15, 0.2) is 24.3 Å². The second-order valence-corrected chi connectivity index (χ2v) is 4.75. The van der Waals surface area contributed by atoms with Gasteiger partial charge in [0.2, 0.25) is 5.91 Å². The zero-order chi connectivity index (χ0) is 13.3. The van der Waals surface area contributed by atoms with E-state index in [1.54, 1.807) is 0 Å². The number of hydrogen-bond acceptors (Lipinski definition) is 1. The van der Waals surface area contributed by atoms with E-state index >= 15 is 0 Å². The van der Waals surface area contributed by atoms with Gasteiger partial charge >= 0.3 is 6.18 Å². The van der Waals surface area contributed by atoms with E-state index in [1.807, 2.05) is 0 Å². The molecular formula is C13H14F3NO. The first-order valence-electron chi connectivity index (χ1n) is 5.83. The van der Waals surface area contributed by atoms with Crippen LogP contribution in [-0.4, -0.2) is 5.91 Å². The van der Waals surface area contributed by atoms with Crippen LogP contribution in [0.4, 0.5) is 13.2 Å². The van der Waals surface area contributed by atoms with Crippen LogP contribution in [0, 0.1) is 11.8 Å². The summed E-state index contributed by atoms with van der Waals surface area (Å²) in [6.45, 7) is 0. The van der Waals surface area contributed by atoms with E-state index in [0.29, 0.717) is 12.3 Å². The minimum absolute atomic E-state index is 0.248. The molecule has 0 aliphatic heterocycles. The normalized spacial score (nSPS) is 17.5. The smallest absolute Gasteiger partial charge is 0.369 e. The summed E-state index contributed by atoms with van der Waals surface area (Å²) in [5.41, 5.74) is 5.35. The number of carbonyl (C=O) groups excluding carboxylic acids is 1. The Kier molecular flexibility index (Phi) is 3.32. The van der Waals surface area contributed by atoms with Crippen LogP contribution in [-0.2, 0) is 17.4 Å². The van der Waals surface area contributed by atoms with Gasteiger partial charge in [-0.2, -0.15) is 13.2 Å². The molecule has 0 heterocycles. The second kappa shape index (κ2) is 4.63. The van der Waals surface area contributed by atoms with Crippen LogP contribution in [0.25, 0.3) is 0 Å². The minimum Gasteiger partial charge on any atom is -0.369 e. The zero-order valence-electron chi connectivity index (χ0n) is 9.70. The highest BCUT2D eigenvalue weighted by Crippen LogP contribution is 2.38. The Morgan fingerprint density at radius 2 is 1.83 bits per heavy atom. The predicted molar refractivity (Wildman–Crippen MR) is 60.6 cm³/mol. The first-order valence-corrected chi connectivity index (χ1v) is 5.83. The number of nitrogens with two attached hydrogens (primary N) is 1. The monoisotopic (exact) mass is 257 g/mol. The lowest BCUT2D eigenvalue weighted by molar-refractivity contribution is -0.137. The third kappa shape index (κ3) is 3.03. The molecule has 0 saturated heterocycles. The summed E-state index contributed by atoms with van der Waals surface area (Å²) >= 11 is 0. The third-order valence-corrected chi connectivity index (χ3v) is 3.29. The average molecular weight is 257 g/mol. The van der Waals surface area contributed by atoms with Crippen molar-refractivity contribution in [2.24, 2.45) is 17.6 Å². The first kappa shape index (κ1) is 12.9. The molecule has 1 aromatic rings.